The van der Waals surface area contributed by atoms with Crippen LogP contribution < -0.4 is 15.4 Å². The van der Waals surface area contributed by atoms with Crippen LogP contribution in [0.2, 0.25) is 0 Å². The molecular weight excluding hydrogens is 482 g/mol. The van der Waals surface area contributed by atoms with Gasteiger partial charge in [-0.05, 0) is 56.4 Å². The van der Waals surface area contributed by atoms with E-state index in [1.165, 1.54) is 0 Å². The normalized spacial score (nSPS) is 23.8. The summed E-state index contributed by atoms with van der Waals surface area (Å²) in [6, 6.07) is -0.515. The van der Waals surface area contributed by atoms with Crippen LogP contribution >= 0.6 is 0 Å². The van der Waals surface area contributed by atoms with E-state index >= 15 is 0 Å². The lowest BCUT2D eigenvalue weighted by atomic mass is 9.86. The SMILES string of the molecule is Cc1noc(C)c1C1=CC(S(=O)(=O)NC2CCCC2)=C2C=C(NCCN3CCOCC3)C(=O)NC2C1. The molecule has 5 rings (SSSR count). The fourth-order valence-electron chi connectivity index (χ4n) is 5.54. The highest BCUT2D eigenvalue weighted by Crippen LogP contribution is 2.38. The van der Waals surface area contributed by atoms with Crippen molar-refractivity contribution in [2.75, 3.05) is 39.4 Å². The number of aromatic nitrogens is 1. The molecule has 1 amide bonds. The zero-order valence-electron chi connectivity index (χ0n) is 20.9. The first-order chi connectivity index (χ1) is 17.3. The van der Waals surface area contributed by atoms with Gasteiger partial charge in [-0.3, -0.25) is 9.69 Å². The van der Waals surface area contributed by atoms with E-state index in [-0.39, 0.29) is 16.9 Å². The molecule has 0 aromatic carbocycles. The number of allylic oxidation sites excluding steroid dienone is 1. The van der Waals surface area contributed by atoms with E-state index in [9.17, 15) is 13.2 Å². The van der Waals surface area contributed by atoms with Gasteiger partial charge in [-0.15, -0.1) is 0 Å². The fraction of sp³-hybridized carbons (Fsp3) is 0.600. The van der Waals surface area contributed by atoms with Crippen molar-refractivity contribution in [3.8, 4) is 0 Å². The molecule has 2 fully saturated rings. The molecule has 196 valence electrons. The Hall–Kier alpha value is -2.47. The molecule has 3 heterocycles. The molecule has 0 bridgehead atoms. The van der Waals surface area contributed by atoms with Crippen molar-refractivity contribution in [3.63, 3.8) is 0 Å². The first-order valence-electron chi connectivity index (χ1n) is 12.8. The maximum absolute atomic E-state index is 13.7. The Morgan fingerprint density at radius 1 is 1.17 bits per heavy atom. The molecule has 1 saturated carbocycles. The van der Waals surface area contributed by atoms with Gasteiger partial charge in [0.25, 0.3) is 5.91 Å². The van der Waals surface area contributed by atoms with Gasteiger partial charge >= 0.3 is 0 Å². The van der Waals surface area contributed by atoms with Gasteiger partial charge in [-0.25, -0.2) is 13.1 Å². The number of sulfonamides is 1. The van der Waals surface area contributed by atoms with Crippen molar-refractivity contribution in [1.82, 2.24) is 25.4 Å². The summed E-state index contributed by atoms with van der Waals surface area (Å²) >= 11 is 0. The Kier molecular flexibility index (Phi) is 7.34. The molecule has 4 aliphatic rings. The molecule has 0 spiro atoms. The second kappa shape index (κ2) is 10.5. The van der Waals surface area contributed by atoms with Crippen molar-refractivity contribution >= 4 is 21.5 Å². The summed E-state index contributed by atoms with van der Waals surface area (Å²) < 4.78 is 41.0. The van der Waals surface area contributed by atoms with E-state index in [4.69, 9.17) is 9.26 Å². The lowest BCUT2D eigenvalue weighted by Crippen LogP contribution is -2.47. The maximum Gasteiger partial charge on any atom is 0.267 e. The van der Waals surface area contributed by atoms with Crippen LogP contribution in [0, 0.1) is 13.8 Å². The molecule has 36 heavy (non-hydrogen) atoms. The van der Waals surface area contributed by atoms with Crippen molar-refractivity contribution in [2.24, 2.45) is 0 Å². The standard InChI is InChI=1S/C25H35N5O5S/c1-16-24(17(2)35-28-16)18-13-21-20(23(14-18)36(32,33)29-19-5-3-4-6-19)15-22(25(31)27-21)26-7-8-30-9-11-34-12-10-30/h14-15,19,21,26,29H,3-13H2,1-2H3,(H,27,31). The number of amides is 1. The minimum Gasteiger partial charge on any atom is -0.379 e. The highest BCUT2D eigenvalue weighted by Gasteiger charge is 2.36. The van der Waals surface area contributed by atoms with E-state index in [0.717, 1.165) is 56.5 Å². The zero-order valence-corrected chi connectivity index (χ0v) is 21.7. The number of hydrogen-bond acceptors (Lipinski definition) is 8. The zero-order chi connectivity index (χ0) is 25.3. The summed E-state index contributed by atoms with van der Waals surface area (Å²) in [4.78, 5) is 15.5. The topological polar surface area (TPSA) is 126 Å². The summed E-state index contributed by atoms with van der Waals surface area (Å²) in [6.45, 7) is 8.18. The third-order valence-electron chi connectivity index (χ3n) is 7.41. The van der Waals surface area contributed by atoms with Crippen molar-refractivity contribution in [2.45, 2.75) is 58.0 Å². The molecule has 1 aromatic rings. The minimum absolute atomic E-state index is 0.0623. The number of nitrogens with one attached hydrogen (secondary N) is 3. The van der Waals surface area contributed by atoms with Gasteiger partial charge in [0, 0.05) is 37.8 Å². The fourth-order valence-corrected chi connectivity index (χ4v) is 7.15. The third-order valence-corrected chi connectivity index (χ3v) is 8.98. The number of carbonyl (C=O) groups is 1. The highest BCUT2D eigenvalue weighted by atomic mass is 32.2. The maximum atomic E-state index is 13.7. The van der Waals surface area contributed by atoms with Gasteiger partial charge in [0.1, 0.15) is 11.5 Å². The molecule has 10 nitrogen and oxygen atoms in total. The minimum atomic E-state index is -3.81. The van der Waals surface area contributed by atoms with Crippen molar-refractivity contribution in [3.05, 3.63) is 45.3 Å². The predicted octanol–water partition coefficient (Wildman–Crippen LogP) is 1.50. The average molecular weight is 518 g/mol. The van der Waals surface area contributed by atoms with E-state index in [1.54, 1.807) is 12.2 Å². The largest absolute Gasteiger partial charge is 0.379 e. The molecule has 0 radical (unpaired) electrons. The summed E-state index contributed by atoms with van der Waals surface area (Å²) in [5.74, 6) is 0.400. The molecule has 1 unspecified atom stereocenters. The number of rotatable bonds is 8. The Morgan fingerprint density at radius 3 is 2.61 bits per heavy atom. The lowest BCUT2D eigenvalue weighted by Gasteiger charge is -2.32. The highest BCUT2D eigenvalue weighted by molar-refractivity contribution is 7.93. The first kappa shape index (κ1) is 25.2. The van der Waals surface area contributed by atoms with Gasteiger partial charge < -0.3 is 19.9 Å². The third kappa shape index (κ3) is 5.29. The van der Waals surface area contributed by atoms with Crippen molar-refractivity contribution < 1.29 is 22.5 Å². The second-order valence-corrected chi connectivity index (χ2v) is 11.6. The molecule has 1 saturated heterocycles. The van der Waals surface area contributed by atoms with E-state index in [2.05, 4.69) is 25.4 Å². The summed E-state index contributed by atoms with van der Waals surface area (Å²) in [5.41, 5.74) is 3.28. The van der Waals surface area contributed by atoms with Crippen LogP contribution in [0.4, 0.5) is 0 Å². The van der Waals surface area contributed by atoms with Crippen LogP contribution in [-0.4, -0.2) is 75.9 Å². The van der Waals surface area contributed by atoms with E-state index in [1.807, 2.05) is 13.8 Å². The van der Waals surface area contributed by atoms with Gasteiger partial charge in [-0.1, -0.05) is 18.0 Å². The Labute approximate surface area is 212 Å². The number of morpholine rings is 1. The summed E-state index contributed by atoms with van der Waals surface area (Å²) in [6.07, 6.45) is 7.63. The predicted molar refractivity (Wildman–Crippen MR) is 135 cm³/mol. The molecule has 2 aliphatic heterocycles. The van der Waals surface area contributed by atoms with E-state index < -0.39 is 16.1 Å². The first-order valence-corrected chi connectivity index (χ1v) is 14.3. The second-order valence-electron chi connectivity index (χ2n) is 9.96. The molecule has 1 aromatic heterocycles. The van der Waals surface area contributed by atoms with Crippen LogP contribution in [0.25, 0.3) is 5.57 Å². The number of fused-ring (bicyclic) bond motifs is 1. The monoisotopic (exact) mass is 517 g/mol. The van der Waals surface area contributed by atoms with Crippen molar-refractivity contribution in [1.29, 1.82) is 0 Å². The number of hydrogen-bond donors (Lipinski definition) is 3. The molecule has 2 aliphatic carbocycles. The quantitative estimate of drug-likeness (QED) is 0.474. The summed E-state index contributed by atoms with van der Waals surface area (Å²) in [5, 5.41) is 10.3. The lowest BCUT2D eigenvalue weighted by molar-refractivity contribution is -0.118. The van der Waals surface area contributed by atoms with Crippen LogP contribution in [0.3, 0.4) is 0 Å². The number of ether oxygens (including phenoxy) is 1. The Morgan fingerprint density at radius 2 is 1.92 bits per heavy atom. The van der Waals surface area contributed by atoms with Gasteiger partial charge in [0.2, 0.25) is 10.0 Å². The molecule has 11 heteroatoms. The number of aryl methyl sites for hydroxylation is 2. The van der Waals surface area contributed by atoms with Crippen LogP contribution in [0.15, 0.2) is 32.9 Å². The smallest absolute Gasteiger partial charge is 0.267 e. The van der Waals surface area contributed by atoms with Gasteiger partial charge in [0.15, 0.2) is 0 Å². The van der Waals surface area contributed by atoms with E-state index in [0.29, 0.717) is 48.9 Å². The number of carbonyl (C=O) groups excluding carboxylic acids is 1. The summed E-state index contributed by atoms with van der Waals surface area (Å²) in [7, 11) is -3.81. The molecule has 1 atom stereocenters. The molecular formula is C25H35N5O5S. The van der Waals surface area contributed by atoms with Gasteiger partial charge in [-0.2, -0.15) is 0 Å². The Balaban J connectivity index is 1.47. The number of nitrogens with zero attached hydrogens (tertiary/aromatic N) is 2. The average Bonchev–Trinajstić information content (AvgIpc) is 3.48. The van der Waals surface area contributed by atoms with Crippen LogP contribution in [0.1, 0.15) is 49.1 Å². The van der Waals surface area contributed by atoms with Crippen LogP contribution in [0.5, 0.6) is 0 Å². The molecule has 3 N–H and O–H groups in total. The van der Waals surface area contributed by atoms with Crippen LogP contribution in [-0.2, 0) is 19.6 Å². The van der Waals surface area contributed by atoms with Gasteiger partial charge in [0.05, 0.1) is 29.9 Å². The Bertz CT molecular complexity index is 1180.